The van der Waals surface area contributed by atoms with Crippen molar-refractivity contribution in [3.8, 4) is 5.75 Å². The van der Waals surface area contributed by atoms with Crippen LogP contribution < -0.4 is 10.5 Å². The van der Waals surface area contributed by atoms with Gasteiger partial charge in [-0.2, -0.15) is 0 Å². The van der Waals surface area contributed by atoms with Crippen molar-refractivity contribution in [2.45, 2.75) is 13.2 Å². The van der Waals surface area contributed by atoms with Crippen LogP contribution >= 0.6 is 27.5 Å². The molecule has 0 aliphatic heterocycles. The predicted octanol–water partition coefficient (Wildman–Crippen LogP) is 4.28. The fourth-order valence-corrected chi connectivity index (χ4v) is 2.34. The average molecular weight is 345 g/mol. The third-order valence-electron chi connectivity index (χ3n) is 2.65. The fraction of sp³-hybridized carbons (Fsp3) is 0.143. The van der Waals surface area contributed by atoms with Crippen LogP contribution in [0.1, 0.15) is 11.1 Å². The van der Waals surface area contributed by atoms with E-state index in [1.54, 1.807) is 24.3 Å². The van der Waals surface area contributed by atoms with Crippen molar-refractivity contribution in [2.75, 3.05) is 0 Å². The molecule has 0 aliphatic carbocycles. The Labute approximate surface area is 124 Å². The molecule has 2 aromatic carbocycles. The summed E-state index contributed by atoms with van der Waals surface area (Å²) in [5.74, 6) is 0.190. The highest BCUT2D eigenvalue weighted by atomic mass is 79.9. The molecule has 0 heterocycles. The molecule has 2 aromatic rings. The summed E-state index contributed by atoms with van der Waals surface area (Å²) in [6.07, 6.45) is 0. The van der Waals surface area contributed by atoms with Gasteiger partial charge in [0, 0.05) is 22.1 Å². The molecule has 0 saturated carbocycles. The second-order valence-corrected chi connectivity index (χ2v) is 5.28. The Balaban J connectivity index is 2.21. The Bertz CT molecular complexity index is 592. The Morgan fingerprint density at radius 3 is 2.74 bits per heavy atom. The van der Waals surface area contributed by atoms with Crippen LogP contribution in [0, 0.1) is 5.82 Å². The quantitative estimate of drug-likeness (QED) is 0.898. The summed E-state index contributed by atoms with van der Waals surface area (Å²) in [6.45, 7) is 0.416. The molecule has 5 heteroatoms. The zero-order valence-corrected chi connectivity index (χ0v) is 12.3. The van der Waals surface area contributed by atoms with Crippen LogP contribution in [0.3, 0.4) is 0 Å². The molecule has 2 rings (SSSR count). The first-order chi connectivity index (χ1) is 9.11. The molecule has 0 aliphatic rings. The summed E-state index contributed by atoms with van der Waals surface area (Å²) < 4.78 is 20.0. The number of nitrogens with two attached hydrogens (primary N) is 1. The molecule has 0 atom stereocenters. The van der Waals surface area contributed by atoms with Gasteiger partial charge in [-0.25, -0.2) is 4.39 Å². The molecule has 2 N–H and O–H groups in total. The molecule has 0 fully saturated rings. The van der Waals surface area contributed by atoms with E-state index in [4.69, 9.17) is 22.1 Å². The Hall–Kier alpha value is -1.10. The van der Waals surface area contributed by atoms with Crippen molar-refractivity contribution in [1.82, 2.24) is 0 Å². The van der Waals surface area contributed by atoms with Crippen LogP contribution in [-0.2, 0) is 13.2 Å². The lowest BCUT2D eigenvalue weighted by Crippen LogP contribution is -2.04. The van der Waals surface area contributed by atoms with E-state index >= 15 is 0 Å². The molecule has 2 nitrogen and oxygen atoms in total. The molecule has 0 bridgehead atoms. The lowest BCUT2D eigenvalue weighted by molar-refractivity contribution is 0.297. The van der Waals surface area contributed by atoms with Crippen molar-refractivity contribution in [3.63, 3.8) is 0 Å². The highest BCUT2D eigenvalue weighted by Gasteiger charge is 2.09. The van der Waals surface area contributed by atoms with Gasteiger partial charge < -0.3 is 10.5 Å². The van der Waals surface area contributed by atoms with Crippen molar-refractivity contribution < 1.29 is 9.13 Å². The molecule has 0 aromatic heterocycles. The summed E-state index contributed by atoms with van der Waals surface area (Å²) in [5.41, 5.74) is 6.87. The SMILES string of the molecule is NCc1cccc(Cl)c1OCc1cc(Br)ccc1F. The van der Waals surface area contributed by atoms with Crippen molar-refractivity contribution >= 4 is 27.5 Å². The van der Waals surface area contributed by atoms with Crippen LogP contribution in [0.2, 0.25) is 5.02 Å². The van der Waals surface area contributed by atoms with E-state index in [2.05, 4.69) is 15.9 Å². The number of halogens is 3. The maximum absolute atomic E-state index is 13.6. The van der Waals surface area contributed by atoms with E-state index in [1.807, 2.05) is 6.07 Å². The van der Waals surface area contributed by atoms with Crippen LogP contribution in [0.25, 0.3) is 0 Å². The zero-order valence-electron chi connectivity index (χ0n) is 10.00. The summed E-state index contributed by atoms with van der Waals surface area (Å²) in [7, 11) is 0. The molecular formula is C14H12BrClFNO. The number of para-hydroxylation sites is 1. The number of benzene rings is 2. The van der Waals surface area contributed by atoms with Gasteiger partial charge in [0.2, 0.25) is 0 Å². The first-order valence-corrected chi connectivity index (χ1v) is 6.83. The Morgan fingerprint density at radius 2 is 2.00 bits per heavy atom. The van der Waals surface area contributed by atoms with Crippen LogP contribution in [0.15, 0.2) is 40.9 Å². The topological polar surface area (TPSA) is 35.2 Å². The van der Waals surface area contributed by atoms with Gasteiger partial charge in [-0.3, -0.25) is 0 Å². The van der Waals surface area contributed by atoms with E-state index in [-0.39, 0.29) is 12.4 Å². The predicted molar refractivity (Wildman–Crippen MR) is 77.8 cm³/mol. The van der Waals surface area contributed by atoms with E-state index in [1.165, 1.54) is 6.07 Å². The minimum Gasteiger partial charge on any atom is -0.487 e. The highest BCUT2D eigenvalue weighted by Crippen LogP contribution is 2.29. The normalized spacial score (nSPS) is 10.5. The number of hydrogen-bond donors (Lipinski definition) is 1. The van der Waals surface area contributed by atoms with Gasteiger partial charge in [0.25, 0.3) is 0 Å². The van der Waals surface area contributed by atoms with Gasteiger partial charge in [-0.1, -0.05) is 39.7 Å². The Kier molecular flexibility index (Phi) is 4.80. The van der Waals surface area contributed by atoms with E-state index in [0.29, 0.717) is 22.9 Å². The van der Waals surface area contributed by atoms with Gasteiger partial charge in [0.05, 0.1) is 5.02 Å². The van der Waals surface area contributed by atoms with Crippen molar-refractivity contribution in [2.24, 2.45) is 5.73 Å². The van der Waals surface area contributed by atoms with Crippen LogP contribution in [0.4, 0.5) is 4.39 Å². The Morgan fingerprint density at radius 1 is 1.21 bits per heavy atom. The lowest BCUT2D eigenvalue weighted by Gasteiger charge is -2.12. The molecule has 100 valence electrons. The third kappa shape index (κ3) is 3.47. The minimum absolute atomic E-state index is 0.0992. The lowest BCUT2D eigenvalue weighted by atomic mass is 10.2. The second-order valence-electron chi connectivity index (χ2n) is 3.96. The summed E-state index contributed by atoms with van der Waals surface area (Å²) in [6, 6.07) is 10.1. The first kappa shape index (κ1) is 14.3. The van der Waals surface area contributed by atoms with E-state index in [9.17, 15) is 4.39 Å². The van der Waals surface area contributed by atoms with Crippen molar-refractivity contribution in [1.29, 1.82) is 0 Å². The smallest absolute Gasteiger partial charge is 0.142 e. The number of ether oxygens (including phenoxy) is 1. The maximum Gasteiger partial charge on any atom is 0.142 e. The van der Waals surface area contributed by atoms with E-state index in [0.717, 1.165) is 10.0 Å². The molecule has 0 unspecified atom stereocenters. The average Bonchev–Trinajstić information content (AvgIpc) is 2.40. The molecule has 0 spiro atoms. The number of rotatable bonds is 4. The van der Waals surface area contributed by atoms with Crippen LogP contribution in [-0.4, -0.2) is 0 Å². The molecular weight excluding hydrogens is 333 g/mol. The van der Waals surface area contributed by atoms with Gasteiger partial charge in [0.1, 0.15) is 18.2 Å². The molecule has 0 radical (unpaired) electrons. The summed E-state index contributed by atoms with van der Waals surface area (Å²) >= 11 is 9.36. The first-order valence-electron chi connectivity index (χ1n) is 5.66. The van der Waals surface area contributed by atoms with E-state index < -0.39 is 0 Å². The van der Waals surface area contributed by atoms with Gasteiger partial charge in [0.15, 0.2) is 0 Å². The largest absolute Gasteiger partial charge is 0.487 e. The summed E-state index contributed by atoms with van der Waals surface area (Å²) in [4.78, 5) is 0. The van der Waals surface area contributed by atoms with Gasteiger partial charge in [-0.05, 0) is 24.3 Å². The summed E-state index contributed by atoms with van der Waals surface area (Å²) in [5, 5.41) is 0.471. The second kappa shape index (κ2) is 6.37. The standard InChI is InChI=1S/C14H12BrClFNO/c15-11-4-5-13(17)10(6-11)8-19-14-9(7-18)2-1-3-12(14)16/h1-6H,7-8,18H2. The van der Waals surface area contributed by atoms with Crippen LogP contribution in [0.5, 0.6) is 5.75 Å². The fourth-order valence-electron chi connectivity index (χ4n) is 1.68. The monoisotopic (exact) mass is 343 g/mol. The van der Waals surface area contributed by atoms with Crippen molar-refractivity contribution in [3.05, 3.63) is 62.8 Å². The third-order valence-corrected chi connectivity index (χ3v) is 3.44. The highest BCUT2D eigenvalue weighted by molar-refractivity contribution is 9.10. The van der Waals surface area contributed by atoms with Gasteiger partial charge >= 0.3 is 0 Å². The molecule has 0 amide bonds. The molecule has 19 heavy (non-hydrogen) atoms. The molecule has 0 saturated heterocycles. The minimum atomic E-state index is -0.315. The number of hydrogen-bond acceptors (Lipinski definition) is 2. The van der Waals surface area contributed by atoms with Gasteiger partial charge in [-0.15, -0.1) is 0 Å². The zero-order chi connectivity index (χ0) is 13.8. The maximum atomic E-state index is 13.6.